The van der Waals surface area contributed by atoms with E-state index in [0.717, 1.165) is 5.69 Å². The van der Waals surface area contributed by atoms with Gasteiger partial charge >= 0.3 is 0 Å². The third-order valence-electron chi connectivity index (χ3n) is 2.78. The molecule has 12 heavy (non-hydrogen) atoms. The highest BCUT2D eigenvalue weighted by molar-refractivity contribution is 5.34. The van der Waals surface area contributed by atoms with E-state index >= 15 is 0 Å². The quantitative estimate of drug-likeness (QED) is 0.633. The van der Waals surface area contributed by atoms with Crippen LogP contribution in [0.5, 0.6) is 0 Å². The first kappa shape index (κ1) is 7.71. The number of hydrogen-bond donors (Lipinski definition) is 0. The Morgan fingerprint density at radius 1 is 1.42 bits per heavy atom. The van der Waals surface area contributed by atoms with E-state index < -0.39 is 0 Å². The Morgan fingerprint density at radius 3 is 2.83 bits per heavy atom. The van der Waals surface area contributed by atoms with Crippen molar-refractivity contribution in [3.05, 3.63) is 23.3 Å². The van der Waals surface area contributed by atoms with Gasteiger partial charge < -0.3 is 0 Å². The molecule has 2 atom stereocenters. The second-order valence-corrected chi connectivity index (χ2v) is 3.59. The highest BCUT2D eigenvalue weighted by Crippen LogP contribution is 2.45. The number of aromatic nitrogens is 2. The number of hydrogen-bond acceptors (Lipinski definition) is 2. The number of aryl methyl sites for hydroxylation is 1. The van der Waals surface area contributed by atoms with Crippen molar-refractivity contribution in [2.75, 3.05) is 0 Å². The van der Waals surface area contributed by atoms with Crippen molar-refractivity contribution in [2.45, 2.75) is 39.0 Å². The van der Waals surface area contributed by atoms with Crippen LogP contribution in [0.1, 0.15) is 49.2 Å². The van der Waals surface area contributed by atoms with Crippen molar-refractivity contribution < 1.29 is 0 Å². The van der Waals surface area contributed by atoms with Crippen LogP contribution in [-0.4, -0.2) is 9.97 Å². The van der Waals surface area contributed by atoms with E-state index in [1.807, 2.05) is 13.1 Å². The SMILES string of the molecule is CCC1c2nc(C)cnc2C1C. The Hall–Kier alpha value is -0.920. The van der Waals surface area contributed by atoms with Gasteiger partial charge in [0.15, 0.2) is 0 Å². The lowest BCUT2D eigenvalue weighted by Crippen LogP contribution is -2.25. The molecular formula is C10H14N2. The van der Waals surface area contributed by atoms with Gasteiger partial charge in [-0.1, -0.05) is 13.8 Å². The highest BCUT2D eigenvalue weighted by atomic mass is 14.9. The minimum absolute atomic E-state index is 0.623. The minimum Gasteiger partial charge on any atom is -0.257 e. The Labute approximate surface area is 73.1 Å². The summed E-state index contributed by atoms with van der Waals surface area (Å²) >= 11 is 0. The van der Waals surface area contributed by atoms with E-state index in [0.29, 0.717) is 11.8 Å². The van der Waals surface area contributed by atoms with Crippen LogP contribution in [0, 0.1) is 6.92 Å². The van der Waals surface area contributed by atoms with Gasteiger partial charge in [-0.15, -0.1) is 0 Å². The second kappa shape index (κ2) is 2.54. The zero-order valence-corrected chi connectivity index (χ0v) is 7.83. The molecule has 2 unspecified atom stereocenters. The van der Waals surface area contributed by atoms with Crippen LogP contribution in [0.25, 0.3) is 0 Å². The van der Waals surface area contributed by atoms with Crippen molar-refractivity contribution in [3.8, 4) is 0 Å². The molecular weight excluding hydrogens is 148 g/mol. The molecule has 0 aliphatic heterocycles. The Bertz CT molecular complexity index is 307. The van der Waals surface area contributed by atoms with Crippen LogP contribution < -0.4 is 0 Å². The molecule has 0 amide bonds. The van der Waals surface area contributed by atoms with Crippen LogP contribution in [0.15, 0.2) is 6.20 Å². The maximum atomic E-state index is 4.50. The average Bonchev–Trinajstić information content (AvgIpc) is 2.05. The van der Waals surface area contributed by atoms with Crippen molar-refractivity contribution in [3.63, 3.8) is 0 Å². The lowest BCUT2D eigenvalue weighted by Gasteiger charge is -2.34. The molecule has 0 spiro atoms. The molecule has 2 heteroatoms. The summed E-state index contributed by atoms with van der Waals surface area (Å²) in [7, 11) is 0. The van der Waals surface area contributed by atoms with Crippen molar-refractivity contribution in [2.24, 2.45) is 0 Å². The van der Waals surface area contributed by atoms with E-state index in [9.17, 15) is 0 Å². The number of nitrogens with zero attached hydrogens (tertiary/aromatic N) is 2. The van der Waals surface area contributed by atoms with E-state index in [1.54, 1.807) is 0 Å². The highest BCUT2D eigenvalue weighted by Gasteiger charge is 2.35. The Morgan fingerprint density at radius 2 is 2.17 bits per heavy atom. The molecule has 0 aromatic carbocycles. The molecule has 0 saturated heterocycles. The van der Waals surface area contributed by atoms with Crippen molar-refractivity contribution in [1.82, 2.24) is 9.97 Å². The van der Waals surface area contributed by atoms with E-state index in [1.165, 1.54) is 17.8 Å². The fourth-order valence-corrected chi connectivity index (χ4v) is 2.01. The molecule has 0 radical (unpaired) electrons. The van der Waals surface area contributed by atoms with Gasteiger partial charge in [-0.25, -0.2) is 0 Å². The fraction of sp³-hybridized carbons (Fsp3) is 0.600. The van der Waals surface area contributed by atoms with Crippen LogP contribution >= 0.6 is 0 Å². The van der Waals surface area contributed by atoms with E-state index in [2.05, 4.69) is 23.8 Å². The third-order valence-corrected chi connectivity index (χ3v) is 2.78. The summed E-state index contributed by atoms with van der Waals surface area (Å²) in [6.45, 7) is 6.46. The maximum absolute atomic E-state index is 4.50. The lowest BCUT2D eigenvalue weighted by atomic mass is 9.74. The molecule has 1 aromatic heterocycles. The predicted molar refractivity (Wildman–Crippen MR) is 48.2 cm³/mol. The monoisotopic (exact) mass is 162 g/mol. The van der Waals surface area contributed by atoms with Gasteiger partial charge in [-0.2, -0.15) is 0 Å². The minimum atomic E-state index is 0.623. The molecule has 0 bridgehead atoms. The first-order valence-corrected chi connectivity index (χ1v) is 4.57. The average molecular weight is 162 g/mol. The zero-order valence-electron chi connectivity index (χ0n) is 7.83. The number of fused-ring (bicyclic) bond motifs is 1. The smallest absolute Gasteiger partial charge is 0.0662 e. The summed E-state index contributed by atoms with van der Waals surface area (Å²) in [6.07, 6.45) is 3.05. The van der Waals surface area contributed by atoms with E-state index in [-0.39, 0.29) is 0 Å². The van der Waals surface area contributed by atoms with Crippen LogP contribution in [-0.2, 0) is 0 Å². The molecule has 2 nitrogen and oxygen atoms in total. The van der Waals surface area contributed by atoms with Crippen molar-refractivity contribution in [1.29, 1.82) is 0 Å². The predicted octanol–water partition coefficient (Wildman–Crippen LogP) is 2.40. The summed E-state index contributed by atoms with van der Waals surface area (Å²) in [6, 6.07) is 0. The molecule has 1 aromatic rings. The second-order valence-electron chi connectivity index (χ2n) is 3.59. The normalized spacial score (nSPS) is 26.2. The molecule has 0 fully saturated rings. The molecule has 64 valence electrons. The standard InChI is InChI=1S/C10H14N2/c1-4-8-7(3)9-10(8)12-6(2)5-11-9/h5,7-8H,4H2,1-3H3. The maximum Gasteiger partial charge on any atom is 0.0662 e. The largest absolute Gasteiger partial charge is 0.257 e. The molecule has 0 N–H and O–H groups in total. The van der Waals surface area contributed by atoms with Crippen LogP contribution in [0.4, 0.5) is 0 Å². The summed E-state index contributed by atoms with van der Waals surface area (Å²) in [5, 5.41) is 0. The summed E-state index contributed by atoms with van der Waals surface area (Å²) in [4.78, 5) is 8.88. The molecule has 0 saturated carbocycles. The topological polar surface area (TPSA) is 25.8 Å². The first-order valence-electron chi connectivity index (χ1n) is 4.57. The van der Waals surface area contributed by atoms with Gasteiger partial charge in [0.25, 0.3) is 0 Å². The van der Waals surface area contributed by atoms with Gasteiger partial charge in [0, 0.05) is 18.0 Å². The first-order chi connectivity index (χ1) is 5.74. The Kier molecular flexibility index (Phi) is 1.63. The summed E-state index contributed by atoms with van der Waals surface area (Å²) < 4.78 is 0. The molecule has 1 heterocycles. The summed E-state index contributed by atoms with van der Waals surface area (Å²) in [5.74, 6) is 1.28. The zero-order chi connectivity index (χ0) is 8.72. The lowest BCUT2D eigenvalue weighted by molar-refractivity contribution is 0.452. The molecule has 1 aliphatic carbocycles. The molecule has 2 rings (SSSR count). The number of rotatable bonds is 1. The van der Waals surface area contributed by atoms with E-state index in [4.69, 9.17) is 0 Å². The fourth-order valence-electron chi connectivity index (χ4n) is 2.01. The van der Waals surface area contributed by atoms with Gasteiger partial charge in [0.1, 0.15) is 0 Å². The summed E-state index contributed by atoms with van der Waals surface area (Å²) in [5.41, 5.74) is 3.50. The van der Waals surface area contributed by atoms with Crippen LogP contribution in [0.3, 0.4) is 0 Å². The van der Waals surface area contributed by atoms with Gasteiger partial charge in [-0.05, 0) is 13.3 Å². The molecule has 1 aliphatic rings. The third kappa shape index (κ3) is 0.872. The van der Waals surface area contributed by atoms with Gasteiger partial charge in [-0.3, -0.25) is 9.97 Å². The van der Waals surface area contributed by atoms with Crippen molar-refractivity contribution >= 4 is 0 Å². The van der Waals surface area contributed by atoms with Gasteiger partial charge in [0.05, 0.1) is 17.1 Å². The van der Waals surface area contributed by atoms with Gasteiger partial charge in [0.2, 0.25) is 0 Å². The van der Waals surface area contributed by atoms with Crippen LogP contribution in [0.2, 0.25) is 0 Å². The Balaban J connectivity index is 2.42.